The van der Waals surface area contributed by atoms with Crippen molar-refractivity contribution in [2.45, 2.75) is 19.4 Å². The van der Waals surface area contributed by atoms with Crippen LogP contribution in [0.5, 0.6) is 0 Å². The van der Waals surface area contributed by atoms with Crippen LogP contribution in [-0.4, -0.2) is 10.1 Å². The smallest absolute Gasteiger partial charge is 0.142 e. The molecule has 1 N–H and O–H groups in total. The quantitative estimate of drug-likeness (QED) is 0.847. The Hall–Kier alpha value is -1.16. The number of halogens is 3. The van der Waals surface area contributed by atoms with Gasteiger partial charge in [0.05, 0.1) is 5.02 Å². The van der Waals surface area contributed by atoms with Crippen LogP contribution in [0, 0.1) is 12.7 Å². The van der Waals surface area contributed by atoms with Crippen molar-refractivity contribution < 1.29 is 9.50 Å². The van der Waals surface area contributed by atoms with E-state index in [0.29, 0.717) is 5.56 Å². The third kappa shape index (κ3) is 2.59. The lowest BCUT2D eigenvalue weighted by Crippen LogP contribution is -2.25. The van der Waals surface area contributed by atoms with Gasteiger partial charge in [0.1, 0.15) is 11.4 Å². The van der Waals surface area contributed by atoms with Gasteiger partial charge in [-0.1, -0.05) is 23.2 Å². The minimum absolute atomic E-state index is 0.0764. The number of aromatic nitrogens is 1. The van der Waals surface area contributed by atoms with Gasteiger partial charge in [0.15, 0.2) is 0 Å². The number of pyridine rings is 1. The van der Waals surface area contributed by atoms with Crippen molar-refractivity contribution >= 4 is 23.2 Å². The molecular weight excluding hydrogens is 288 g/mol. The van der Waals surface area contributed by atoms with Gasteiger partial charge < -0.3 is 5.11 Å². The van der Waals surface area contributed by atoms with Crippen LogP contribution in [0.3, 0.4) is 0 Å². The monoisotopic (exact) mass is 299 g/mol. The number of nitrogens with zero attached hydrogens (tertiary/aromatic N) is 1. The molecule has 0 spiro atoms. The highest BCUT2D eigenvalue weighted by Gasteiger charge is 2.30. The summed E-state index contributed by atoms with van der Waals surface area (Å²) in [4.78, 5) is 3.98. The van der Waals surface area contributed by atoms with E-state index >= 15 is 0 Å². The van der Waals surface area contributed by atoms with Crippen molar-refractivity contribution in [1.82, 2.24) is 4.98 Å². The lowest BCUT2D eigenvalue weighted by Gasteiger charge is -2.27. The van der Waals surface area contributed by atoms with Crippen molar-refractivity contribution in [2.24, 2.45) is 0 Å². The van der Waals surface area contributed by atoms with E-state index in [9.17, 15) is 9.50 Å². The van der Waals surface area contributed by atoms with Crippen LogP contribution in [0.25, 0.3) is 0 Å². The Kier molecular flexibility index (Phi) is 3.81. The molecule has 1 heterocycles. The van der Waals surface area contributed by atoms with Crippen LogP contribution in [0.1, 0.15) is 23.6 Å². The first-order valence-corrected chi connectivity index (χ1v) is 6.38. The van der Waals surface area contributed by atoms with Crippen molar-refractivity contribution in [2.75, 3.05) is 0 Å². The number of benzene rings is 1. The van der Waals surface area contributed by atoms with Gasteiger partial charge in [-0.2, -0.15) is 0 Å². The Morgan fingerprint density at radius 2 is 1.89 bits per heavy atom. The summed E-state index contributed by atoms with van der Waals surface area (Å²) in [6.45, 7) is 3.39. The maximum absolute atomic E-state index is 13.6. The Balaban J connectivity index is 2.63. The van der Waals surface area contributed by atoms with Gasteiger partial charge in [-0.15, -0.1) is 0 Å². The van der Waals surface area contributed by atoms with Gasteiger partial charge in [-0.25, -0.2) is 4.39 Å². The van der Waals surface area contributed by atoms with Crippen LogP contribution in [0.2, 0.25) is 10.0 Å². The zero-order chi connectivity index (χ0) is 14.2. The first-order valence-electron chi connectivity index (χ1n) is 5.62. The molecule has 0 aliphatic carbocycles. The minimum Gasteiger partial charge on any atom is -0.381 e. The summed E-state index contributed by atoms with van der Waals surface area (Å²) >= 11 is 11.7. The maximum Gasteiger partial charge on any atom is 0.142 e. The molecule has 100 valence electrons. The summed E-state index contributed by atoms with van der Waals surface area (Å²) in [5.74, 6) is -0.622. The Morgan fingerprint density at radius 3 is 2.53 bits per heavy atom. The summed E-state index contributed by atoms with van der Waals surface area (Å²) in [7, 11) is 0. The zero-order valence-corrected chi connectivity index (χ0v) is 11.9. The fourth-order valence-electron chi connectivity index (χ4n) is 2.01. The second-order valence-corrected chi connectivity index (χ2v) is 5.32. The molecule has 0 aliphatic rings. The van der Waals surface area contributed by atoms with Gasteiger partial charge in [-0.3, -0.25) is 4.98 Å². The molecule has 1 aromatic heterocycles. The lowest BCUT2D eigenvalue weighted by molar-refractivity contribution is 0.101. The van der Waals surface area contributed by atoms with Gasteiger partial charge in [0, 0.05) is 28.5 Å². The average molecular weight is 300 g/mol. The molecule has 5 heteroatoms. The summed E-state index contributed by atoms with van der Waals surface area (Å²) in [6.07, 6.45) is 3.16. The predicted molar refractivity (Wildman–Crippen MR) is 74.1 cm³/mol. The third-order valence-electron chi connectivity index (χ3n) is 3.10. The van der Waals surface area contributed by atoms with E-state index in [-0.39, 0.29) is 15.6 Å². The normalized spacial score (nSPS) is 14.2. The maximum atomic E-state index is 13.6. The molecule has 0 radical (unpaired) electrons. The van der Waals surface area contributed by atoms with E-state index < -0.39 is 11.4 Å². The van der Waals surface area contributed by atoms with E-state index in [1.807, 2.05) is 6.92 Å². The fraction of sp³-hybridized carbons (Fsp3) is 0.214. The van der Waals surface area contributed by atoms with Crippen molar-refractivity contribution in [1.29, 1.82) is 0 Å². The first kappa shape index (κ1) is 14.3. The Morgan fingerprint density at radius 1 is 1.21 bits per heavy atom. The standard InChI is InChI=1S/C14H12Cl2FNO/c1-8-3-4-18-7-10(8)14(2,19)9-5-13(17)12(16)6-11(9)15/h3-7,19H,1-2H3. The zero-order valence-electron chi connectivity index (χ0n) is 10.4. The fourth-order valence-corrected chi connectivity index (χ4v) is 2.58. The second kappa shape index (κ2) is 5.08. The van der Waals surface area contributed by atoms with E-state index in [1.54, 1.807) is 19.2 Å². The largest absolute Gasteiger partial charge is 0.381 e. The van der Waals surface area contributed by atoms with E-state index in [0.717, 1.165) is 11.6 Å². The molecule has 1 atom stereocenters. The number of hydrogen-bond acceptors (Lipinski definition) is 2. The molecular formula is C14H12Cl2FNO. The van der Waals surface area contributed by atoms with Gasteiger partial charge in [0.25, 0.3) is 0 Å². The highest BCUT2D eigenvalue weighted by Crippen LogP contribution is 2.37. The van der Waals surface area contributed by atoms with Crippen LogP contribution >= 0.6 is 23.2 Å². The van der Waals surface area contributed by atoms with Gasteiger partial charge in [-0.05, 0) is 37.6 Å². The summed E-state index contributed by atoms with van der Waals surface area (Å²) in [5.41, 5.74) is 0.220. The third-order valence-corrected chi connectivity index (χ3v) is 3.70. The molecule has 19 heavy (non-hydrogen) atoms. The van der Waals surface area contributed by atoms with E-state index in [2.05, 4.69) is 4.98 Å². The van der Waals surface area contributed by atoms with Crippen LogP contribution < -0.4 is 0 Å². The van der Waals surface area contributed by atoms with Crippen LogP contribution in [-0.2, 0) is 5.60 Å². The molecule has 1 unspecified atom stereocenters. The van der Waals surface area contributed by atoms with E-state index in [4.69, 9.17) is 23.2 Å². The number of aliphatic hydroxyl groups is 1. The highest BCUT2D eigenvalue weighted by atomic mass is 35.5. The highest BCUT2D eigenvalue weighted by molar-refractivity contribution is 6.35. The van der Waals surface area contributed by atoms with Gasteiger partial charge in [0.2, 0.25) is 0 Å². The average Bonchev–Trinajstić information content (AvgIpc) is 2.34. The first-order chi connectivity index (χ1) is 8.84. The van der Waals surface area contributed by atoms with Crippen molar-refractivity contribution in [3.8, 4) is 0 Å². The minimum atomic E-state index is -1.44. The molecule has 1 aromatic carbocycles. The Labute approximate surface area is 120 Å². The van der Waals surface area contributed by atoms with Crippen LogP contribution in [0.15, 0.2) is 30.6 Å². The predicted octanol–water partition coefficient (Wildman–Crippen LogP) is 4.09. The van der Waals surface area contributed by atoms with Crippen molar-refractivity contribution in [3.63, 3.8) is 0 Å². The Bertz CT molecular complexity index is 629. The molecule has 2 rings (SSSR count). The molecule has 0 saturated carbocycles. The molecule has 0 saturated heterocycles. The molecule has 0 fully saturated rings. The van der Waals surface area contributed by atoms with Gasteiger partial charge >= 0.3 is 0 Å². The second-order valence-electron chi connectivity index (χ2n) is 4.51. The molecule has 0 amide bonds. The number of rotatable bonds is 2. The summed E-state index contributed by atoms with van der Waals surface area (Å²) in [5, 5.41) is 10.8. The lowest BCUT2D eigenvalue weighted by atomic mass is 9.87. The number of hydrogen-bond donors (Lipinski definition) is 1. The SMILES string of the molecule is Cc1ccncc1C(C)(O)c1cc(F)c(Cl)cc1Cl. The van der Waals surface area contributed by atoms with Crippen molar-refractivity contribution in [3.05, 3.63) is 63.1 Å². The summed E-state index contributed by atoms with van der Waals surface area (Å²) in [6, 6.07) is 4.20. The topological polar surface area (TPSA) is 33.1 Å². The molecule has 2 aromatic rings. The van der Waals surface area contributed by atoms with Crippen LogP contribution in [0.4, 0.5) is 4.39 Å². The number of aryl methyl sites for hydroxylation is 1. The summed E-state index contributed by atoms with van der Waals surface area (Å²) < 4.78 is 13.6. The molecule has 0 bridgehead atoms. The molecule has 0 aliphatic heterocycles. The van der Waals surface area contributed by atoms with E-state index in [1.165, 1.54) is 12.3 Å². The molecule has 2 nitrogen and oxygen atoms in total.